The minimum Gasteiger partial charge on any atom is -0.444 e. The predicted molar refractivity (Wildman–Crippen MR) is 165 cm³/mol. The van der Waals surface area contributed by atoms with Crippen molar-refractivity contribution in [1.29, 1.82) is 0 Å². The molecule has 1 aliphatic heterocycles. The van der Waals surface area contributed by atoms with Crippen LogP contribution in [-0.2, 0) is 31.9 Å². The fourth-order valence-electron chi connectivity index (χ4n) is 5.60. The average molecular weight is 605 g/mol. The molecular weight excluding hydrogens is 564 g/mol. The maximum absolute atomic E-state index is 13.7. The Labute approximate surface area is 257 Å². The summed E-state index contributed by atoms with van der Waals surface area (Å²) in [5.74, 6) is -1.33. The van der Waals surface area contributed by atoms with E-state index in [0.717, 1.165) is 17.3 Å². The highest BCUT2D eigenvalue weighted by atomic mass is 16.6. The van der Waals surface area contributed by atoms with Crippen molar-refractivity contribution in [3.05, 3.63) is 82.0 Å². The molecule has 1 N–H and O–H groups in total. The molecule has 1 unspecified atom stereocenters. The average Bonchev–Trinajstić information content (AvgIpc) is 3.46. The van der Waals surface area contributed by atoms with Gasteiger partial charge in [-0.25, -0.2) is 4.79 Å². The van der Waals surface area contributed by atoms with E-state index < -0.39 is 40.6 Å². The van der Waals surface area contributed by atoms with E-state index in [1.54, 1.807) is 50.9 Å². The van der Waals surface area contributed by atoms with Gasteiger partial charge in [0.15, 0.2) is 5.78 Å². The Morgan fingerprint density at radius 2 is 1.82 bits per heavy atom. The van der Waals surface area contributed by atoms with Gasteiger partial charge in [0.05, 0.1) is 34.5 Å². The van der Waals surface area contributed by atoms with Gasteiger partial charge >= 0.3 is 6.09 Å². The first kappa shape index (κ1) is 32.5. The van der Waals surface area contributed by atoms with E-state index in [4.69, 9.17) is 9.47 Å². The summed E-state index contributed by atoms with van der Waals surface area (Å²) >= 11 is 0. The van der Waals surface area contributed by atoms with Gasteiger partial charge in [0, 0.05) is 43.8 Å². The zero-order valence-corrected chi connectivity index (χ0v) is 25.8. The Kier molecular flexibility index (Phi) is 10.3. The molecule has 11 nitrogen and oxygen atoms in total. The molecule has 44 heavy (non-hydrogen) atoms. The van der Waals surface area contributed by atoms with E-state index in [0.29, 0.717) is 24.1 Å². The van der Waals surface area contributed by atoms with Crippen molar-refractivity contribution in [1.82, 2.24) is 15.2 Å². The number of carbonyl (C=O) groups is 3. The minimum atomic E-state index is -0.916. The van der Waals surface area contributed by atoms with Crippen LogP contribution in [0.4, 0.5) is 10.5 Å². The SMILES string of the molecule is CO[C@H]([C@@H](C)C(=O)NC(Cc1ccc([N+](=O)[O-])cc1)C(=O)Cc1cnc2ccccc2c1)[C@@H]1CCCN1C(=O)OC(C)(C)C. The number of nitro groups is 1. The van der Waals surface area contributed by atoms with Gasteiger partial charge in [0.25, 0.3) is 5.69 Å². The number of ether oxygens (including phenoxy) is 2. The highest BCUT2D eigenvalue weighted by Gasteiger charge is 2.41. The van der Waals surface area contributed by atoms with Crippen molar-refractivity contribution in [2.45, 2.75) is 77.2 Å². The van der Waals surface area contributed by atoms with Crippen LogP contribution in [0.25, 0.3) is 10.9 Å². The molecule has 11 heteroatoms. The van der Waals surface area contributed by atoms with E-state index >= 15 is 0 Å². The first-order valence-corrected chi connectivity index (χ1v) is 14.8. The molecule has 0 spiro atoms. The number of Topliss-reactive ketones (excluding diaryl/α,β-unsaturated/α-hetero) is 1. The Balaban J connectivity index is 1.53. The first-order valence-electron chi connectivity index (χ1n) is 14.8. The molecule has 0 radical (unpaired) electrons. The zero-order valence-electron chi connectivity index (χ0n) is 25.8. The Morgan fingerprint density at radius 1 is 1.11 bits per heavy atom. The number of amides is 2. The summed E-state index contributed by atoms with van der Waals surface area (Å²) in [4.78, 5) is 57.1. The van der Waals surface area contributed by atoms with E-state index in [1.807, 2.05) is 30.3 Å². The number of benzene rings is 2. The molecule has 2 aromatic carbocycles. The molecule has 3 aromatic rings. The van der Waals surface area contributed by atoms with Crippen molar-refractivity contribution < 1.29 is 28.8 Å². The summed E-state index contributed by atoms with van der Waals surface area (Å²) in [5, 5.41) is 15.0. The molecule has 1 aliphatic rings. The van der Waals surface area contributed by atoms with Crippen molar-refractivity contribution in [3.63, 3.8) is 0 Å². The third kappa shape index (κ3) is 8.16. The molecule has 1 fully saturated rings. The number of ketones is 1. The topological polar surface area (TPSA) is 141 Å². The molecule has 1 saturated heterocycles. The van der Waals surface area contributed by atoms with Gasteiger partial charge in [-0.3, -0.25) is 24.7 Å². The number of hydrogen-bond acceptors (Lipinski definition) is 8. The predicted octanol–water partition coefficient (Wildman–Crippen LogP) is 5.03. The number of nitro benzene ring substituents is 1. The zero-order chi connectivity index (χ0) is 32.0. The third-order valence-corrected chi connectivity index (χ3v) is 7.80. The van der Waals surface area contributed by atoms with Crippen molar-refractivity contribution in [2.24, 2.45) is 5.92 Å². The van der Waals surface area contributed by atoms with E-state index in [9.17, 15) is 24.5 Å². The lowest BCUT2D eigenvalue weighted by Crippen LogP contribution is -2.53. The molecule has 2 heterocycles. The second kappa shape index (κ2) is 13.9. The van der Waals surface area contributed by atoms with Crippen LogP contribution in [0.3, 0.4) is 0 Å². The first-order chi connectivity index (χ1) is 20.9. The fraction of sp³-hybridized carbons (Fsp3) is 0.455. The van der Waals surface area contributed by atoms with E-state index in [1.165, 1.54) is 19.2 Å². The van der Waals surface area contributed by atoms with Crippen LogP contribution in [-0.4, -0.2) is 70.0 Å². The molecule has 1 aromatic heterocycles. The molecule has 0 bridgehead atoms. The normalized spacial score (nSPS) is 17.1. The highest BCUT2D eigenvalue weighted by molar-refractivity contribution is 5.92. The van der Waals surface area contributed by atoms with Crippen LogP contribution < -0.4 is 5.32 Å². The van der Waals surface area contributed by atoms with Gasteiger partial charge in [0.1, 0.15) is 5.60 Å². The lowest BCUT2D eigenvalue weighted by atomic mass is 9.93. The number of methoxy groups -OCH3 is 1. The van der Waals surface area contributed by atoms with Gasteiger partial charge in [-0.15, -0.1) is 0 Å². The fourth-order valence-corrected chi connectivity index (χ4v) is 5.60. The number of carbonyl (C=O) groups excluding carboxylic acids is 3. The number of aromatic nitrogens is 1. The van der Waals surface area contributed by atoms with Crippen molar-refractivity contribution in [2.75, 3.05) is 13.7 Å². The van der Waals surface area contributed by atoms with Gasteiger partial charge in [-0.1, -0.05) is 37.3 Å². The number of nitrogens with one attached hydrogen (secondary N) is 1. The monoisotopic (exact) mass is 604 g/mol. The summed E-state index contributed by atoms with van der Waals surface area (Å²) in [5.41, 5.74) is 1.45. The van der Waals surface area contributed by atoms with Crippen LogP contribution >= 0.6 is 0 Å². The molecule has 4 atom stereocenters. The lowest BCUT2D eigenvalue weighted by Gasteiger charge is -2.35. The molecule has 0 saturated carbocycles. The van der Waals surface area contributed by atoms with Crippen LogP contribution in [0.1, 0.15) is 51.7 Å². The van der Waals surface area contributed by atoms with E-state index in [-0.39, 0.29) is 30.4 Å². The second-order valence-corrected chi connectivity index (χ2v) is 12.2. The number of non-ortho nitro benzene ring substituents is 1. The molecule has 0 aliphatic carbocycles. The second-order valence-electron chi connectivity index (χ2n) is 12.2. The van der Waals surface area contributed by atoms with Crippen molar-refractivity contribution >= 4 is 34.4 Å². The minimum absolute atomic E-state index is 0.0346. The number of rotatable bonds is 11. The standard InChI is InChI=1S/C33H40N4O7/c1-21(30(43-5)28-11-8-16-36(28)32(40)44-33(2,3)4)31(39)35-27(18-22-12-14-25(15-13-22)37(41)42)29(38)19-23-17-24-9-6-7-10-26(24)34-20-23/h6-7,9-10,12-15,17,20-21,27-28,30H,8,11,16,18-19H2,1-5H3,(H,35,39)/t21-,27?,28+,30-/m1/s1. The third-order valence-electron chi connectivity index (χ3n) is 7.80. The van der Waals surface area contributed by atoms with Crippen LogP contribution in [0.5, 0.6) is 0 Å². The summed E-state index contributed by atoms with van der Waals surface area (Å²) in [6.07, 6.45) is 2.14. The Hall–Kier alpha value is -4.38. The number of fused-ring (bicyclic) bond motifs is 1. The molecule has 234 valence electrons. The van der Waals surface area contributed by atoms with Gasteiger partial charge in [-0.2, -0.15) is 0 Å². The number of likely N-dealkylation sites (tertiary alicyclic amines) is 1. The van der Waals surface area contributed by atoms with Gasteiger partial charge in [-0.05, 0) is 63.3 Å². The van der Waals surface area contributed by atoms with Crippen LogP contribution in [0.15, 0.2) is 60.8 Å². The van der Waals surface area contributed by atoms with Crippen LogP contribution in [0, 0.1) is 16.0 Å². The largest absolute Gasteiger partial charge is 0.444 e. The van der Waals surface area contributed by atoms with E-state index in [2.05, 4.69) is 10.3 Å². The molecular formula is C33H40N4O7. The number of pyridine rings is 1. The summed E-state index contributed by atoms with van der Waals surface area (Å²) in [7, 11) is 1.51. The van der Waals surface area contributed by atoms with Gasteiger partial charge in [0.2, 0.25) is 5.91 Å². The Bertz CT molecular complexity index is 1500. The summed E-state index contributed by atoms with van der Waals surface area (Å²) in [6, 6.07) is 14.1. The smallest absolute Gasteiger partial charge is 0.410 e. The number of nitrogens with zero attached hydrogens (tertiary/aromatic N) is 3. The van der Waals surface area contributed by atoms with Gasteiger partial charge < -0.3 is 19.7 Å². The molecule has 4 rings (SSSR count). The maximum Gasteiger partial charge on any atom is 0.410 e. The quantitative estimate of drug-likeness (QED) is 0.237. The number of hydrogen-bond donors (Lipinski definition) is 1. The highest BCUT2D eigenvalue weighted by Crippen LogP contribution is 2.28. The Morgan fingerprint density at radius 3 is 2.48 bits per heavy atom. The van der Waals surface area contributed by atoms with Crippen LogP contribution in [0.2, 0.25) is 0 Å². The van der Waals surface area contributed by atoms with Crippen molar-refractivity contribution in [3.8, 4) is 0 Å². The number of para-hydroxylation sites is 1. The molecule has 2 amide bonds. The maximum atomic E-state index is 13.7. The lowest BCUT2D eigenvalue weighted by molar-refractivity contribution is -0.384. The summed E-state index contributed by atoms with van der Waals surface area (Å²) < 4.78 is 11.4. The summed E-state index contributed by atoms with van der Waals surface area (Å²) in [6.45, 7) is 7.62.